The molecule has 2 N–H and O–H groups in total. The summed E-state index contributed by atoms with van der Waals surface area (Å²) in [5.41, 5.74) is 6.14. The maximum atomic E-state index is 11.9. The first kappa shape index (κ1) is 12.8. The second-order valence-electron chi connectivity index (χ2n) is 5.06. The van der Waals surface area contributed by atoms with Crippen molar-refractivity contribution in [3.8, 4) is 0 Å². The third-order valence-corrected chi connectivity index (χ3v) is 3.58. The Balaban J connectivity index is 2.41. The minimum atomic E-state index is -0.300. The minimum absolute atomic E-state index is 0.134. The van der Waals surface area contributed by atoms with Crippen LogP contribution in [0.1, 0.15) is 26.7 Å². The van der Waals surface area contributed by atoms with Gasteiger partial charge in [-0.2, -0.15) is 11.8 Å². The molecule has 0 aromatic rings. The molecule has 1 rings (SSSR count). The van der Waals surface area contributed by atoms with Crippen LogP contribution in [0.15, 0.2) is 0 Å². The van der Waals surface area contributed by atoms with E-state index in [-0.39, 0.29) is 17.4 Å². The molecule has 0 saturated carbocycles. The van der Waals surface area contributed by atoms with Crippen LogP contribution in [0.5, 0.6) is 0 Å². The van der Waals surface area contributed by atoms with Crippen molar-refractivity contribution in [2.75, 3.05) is 25.1 Å². The highest BCUT2D eigenvalue weighted by Crippen LogP contribution is 2.29. The largest absolute Gasteiger partial charge is 0.341 e. The Bertz CT molecular complexity index is 231. The van der Waals surface area contributed by atoms with Crippen LogP contribution >= 0.6 is 11.8 Å². The lowest BCUT2D eigenvalue weighted by Gasteiger charge is -2.22. The Morgan fingerprint density at radius 2 is 2.27 bits per heavy atom. The van der Waals surface area contributed by atoms with Crippen LogP contribution in [0.2, 0.25) is 0 Å². The summed E-state index contributed by atoms with van der Waals surface area (Å²) in [4.78, 5) is 13.9. The van der Waals surface area contributed by atoms with Crippen molar-refractivity contribution in [3.05, 3.63) is 0 Å². The summed E-state index contributed by atoms with van der Waals surface area (Å²) < 4.78 is 0. The van der Waals surface area contributed by atoms with Gasteiger partial charge in [-0.15, -0.1) is 0 Å². The molecule has 0 aromatic carbocycles. The summed E-state index contributed by atoms with van der Waals surface area (Å²) in [5, 5.41) is 0. The van der Waals surface area contributed by atoms with Crippen molar-refractivity contribution in [1.82, 2.24) is 4.90 Å². The summed E-state index contributed by atoms with van der Waals surface area (Å²) in [6.45, 7) is 6.14. The van der Waals surface area contributed by atoms with Gasteiger partial charge in [0.2, 0.25) is 5.91 Å². The van der Waals surface area contributed by atoms with Crippen LogP contribution < -0.4 is 5.73 Å². The van der Waals surface area contributed by atoms with Crippen molar-refractivity contribution in [2.45, 2.75) is 32.7 Å². The number of thioether (sulfide) groups is 1. The van der Waals surface area contributed by atoms with E-state index in [1.165, 1.54) is 0 Å². The molecule has 1 saturated heterocycles. The molecule has 4 heteroatoms. The van der Waals surface area contributed by atoms with E-state index in [1.807, 2.05) is 11.2 Å². The average molecular weight is 230 g/mol. The Kier molecular flexibility index (Phi) is 4.46. The summed E-state index contributed by atoms with van der Waals surface area (Å²) in [5.74, 6) is 1.10. The molecule has 1 fully saturated rings. The lowest BCUT2D eigenvalue weighted by Crippen LogP contribution is -2.43. The molecule has 0 radical (unpaired) electrons. The Morgan fingerprint density at radius 1 is 1.60 bits per heavy atom. The van der Waals surface area contributed by atoms with Crippen molar-refractivity contribution >= 4 is 17.7 Å². The first-order valence-electron chi connectivity index (χ1n) is 5.49. The Hall–Kier alpha value is -0.220. The summed E-state index contributed by atoms with van der Waals surface area (Å²) in [6, 6.07) is -0.300. The molecule has 1 heterocycles. The lowest BCUT2D eigenvalue weighted by atomic mass is 9.93. The topological polar surface area (TPSA) is 46.3 Å². The van der Waals surface area contributed by atoms with Gasteiger partial charge in [-0.3, -0.25) is 4.79 Å². The van der Waals surface area contributed by atoms with E-state index in [2.05, 4.69) is 13.8 Å². The number of carbonyl (C=O) groups excluding carboxylic acids is 1. The number of carbonyl (C=O) groups is 1. The summed E-state index contributed by atoms with van der Waals surface area (Å²) in [7, 11) is 0. The van der Waals surface area contributed by atoms with Gasteiger partial charge < -0.3 is 10.6 Å². The number of likely N-dealkylation sites (tertiary alicyclic amines) is 1. The fourth-order valence-corrected chi connectivity index (χ4v) is 2.39. The standard InChI is InChI=1S/C11H22N2OS/c1-11(2)5-6-13(8-11)10(14)9(12)4-7-15-3/h9H,4-8,12H2,1-3H3/t9-/m0/s1. The van der Waals surface area contributed by atoms with Crippen LogP contribution in [0.3, 0.4) is 0 Å². The van der Waals surface area contributed by atoms with Gasteiger partial charge in [0.25, 0.3) is 0 Å². The minimum Gasteiger partial charge on any atom is -0.341 e. The lowest BCUT2D eigenvalue weighted by molar-refractivity contribution is -0.131. The average Bonchev–Trinajstić information content (AvgIpc) is 2.54. The van der Waals surface area contributed by atoms with E-state index in [1.54, 1.807) is 11.8 Å². The van der Waals surface area contributed by atoms with Crippen molar-refractivity contribution in [2.24, 2.45) is 11.1 Å². The molecule has 0 spiro atoms. The predicted octanol–water partition coefficient (Wildman–Crippen LogP) is 1.33. The molecule has 1 aliphatic heterocycles. The van der Waals surface area contributed by atoms with E-state index in [9.17, 15) is 4.79 Å². The Morgan fingerprint density at radius 3 is 2.73 bits per heavy atom. The van der Waals surface area contributed by atoms with E-state index in [4.69, 9.17) is 5.73 Å². The molecule has 0 aliphatic carbocycles. The maximum Gasteiger partial charge on any atom is 0.239 e. The normalized spacial score (nSPS) is 21.7. The molecule has 1 aliphatic rings. The highest BCUT2D eigenvalue weighted by Gasteiger charge is 2.33. The van der Waals surface area contributed by atoms with E-state index in [0.717, 1.165) is 31.7 Å². The number of hydrogen-bond donors (Lipinski definition) is 1. The monoisotopic (exact) mass is 230 g/mol. The van der Waals surface area contributed by atoms with E-state index < -0.39 is 0 Å². The second-order valence-corrected chi connectivity index (χ2v) is 6.05. The third kappa shape index (κ3) is 3.68. The van der Waals surface area contributed by atoms with Gasteiger partial charge in [0, 0.05) is 13.1 Å². The maximum absolute atomic E-state index is 11.9. The number of rotatable bonds is 4. The van der Waals surface area contributed by atoms with Gasteiger partial charge in [-0.05, 0) is 30.3 Å². The number of hydrogen-bond acceptors (Lipinski definition) is 3. The van der Waals surface area contributed by atoms with Crippen molar-refractivity contribution in [3.63, 3.8) is 0 Å². The van der Waals surface area contributed by atoms with Crippen LogP contribution in [0.25, 0.3) is 0 Å². The highest BCUT2D eigenvalue weighted by atomic mass is 32.2. The zero-order chi connectivity index (χ0) is 11.5. The molecule has 88 valence electrons. The number of nitrogens with two attached hydrogens (primary N) is 1. The molecule has 0 aromatic heterocycles. The second kappa shape index (κ2) is 5.21. The quantitative estimate of drug-likeness (QED) is 0.792. The van der Waals surface area contributed by atoms with Gasteiger partial charge in [0.05, 0.1) is 6.04 Å². The molecule has 0 unspecified atom stereocenters. The van der Waals surface area contributed by atoms with Gasteiger partial charge in [-0.1, -0.05) is 13.8 Å². The van der Waals surface area contributed by atoms with E-state index >= 15 is 0 Å². The molecule has 15 heavy (non-hydrogen) atoms. The van der Waals surface area contributed by atoms with Crippen LogP contribution in [0.4, 0.5) is 0 Å². The molecule has 1 atom stereocenters. The first-order chi connectivity index (χ1) is 6.96. The van der Waals surface area contributed by atoms with Crippen LogP contribution in [-0.4, -0.2) is 41.9 Å². The van der Waals surface area contributed by atoms with Gasteiger partial charge in [-0.25, -0.2) is 0 Å². The van der Waals surface area contributed by atoms with Gasteiger partial charge in [0.15, 0.2) is 0 Å². The van der Waals surface area contributed by atoms with Gasteiger partial charge in [0.1, 0.15) is 0 Å². The van der Waals surface area contributed by atoms with Gasteiger partial charge >= 0.3 is 0 Å². The summed E-state index contributed by atoms with van der Waals surface area (Å²) >= 11 is 1.74. The van der Waals surface area contributed by atoms with Crippen molar-refractivity contribution < 1.29 is 4.79 Å². The Labute approximate surface area is 96.8 Å². The highest BCUT2D eigenvalue weighted by molar-refractivity contribution is 7.98. The molecular weight excluding hydrogens is 208 g/mol. The zero-order valence-electron chi connectivity index (χ0n) is 9.95. The summed E-state index contributed by atoms with van der Waals surface area (Å²) in [6.07, 6.45) is 3.92. The number of amides is 1. The van der Waals surface area contributed by atoms with Crippen LogP contribution in [-0.2, 0) is 4.79 Å². The molecular formula is C11H22N2OS. The fraction of sp³-hybridized carbons (Fsp3) is 0.909. The molecule has 1 amide bonds. The third-order valence-electron chi connectivity index (χ3n) is 2.94. The SMILES string of the molecule is CSCC[C@H](N)C(=O)N1CCC(C)(C)C1. The molecule has 3 nitrogen and oxygen atoms in total. The van der Waals surface area contributed by atoms with Crippen molar-refractivity contribution in [1.29, 1.82) is 0 Å². The predicted molar refractivity (Wildman–Crippen MR) is 66.0 cm³/mol. The zero-order valence-corrected chi connectivity index (χ0v) is 10.8. The molecule has 0 bridgehead atoms. The van der Waals surface area contributed by atoms with E-state index in [0.29, 0.717) is 0 Å². The number of nitrogens with zero attached hydrogens (tertiary/aromatic N) is 1. The fourth-order valence-electron chi connectivity index (χ4n) is 1.90. The first-order valence-corrected chi connectivity index (χ1v) is 6.89. The smallest absolute Gasteiger partial charge is 0.239 e. The van der Waals surface area contributed by atoms with Crippen LogP contribution in [0, 0.1) is 5.41 Å².